The number of unbranched alkanes of at least 4 members (excludes halogenated alkanes) is 6. The highest BCUT2D eigenvalue weighted by Gasteiger charge is 2.27. The van der Waals surface area contributed by atoms with Gasteiger partial charge >= 0.3 is 17.9 Å². The average Bonchev–Trinajstić information content (AvgIpc) is 3.40. The lowest BCUT2D eigenvalue weighted by Crippen LogP contribution is -2.10. The molecule has 3 aromatic rings. The van der Waals surface area contributed by atoms with Crippen molar-refractivity contribution in [3.05, 3.63) is 102 Å². The molecule has 1 N–H and O–H groups in total. The van der Waals surface area contributed by atoms with Crippen LogP contribution in [0.25, 0.3) is 11.1 Å². The molecule has 1 aliphatic carbocycles. The zero-order valence-electron chi connectivity index (χ0n) is 28.2. The molecule has 0 aromatic heterocycles. The molecule has 3 aromatic carbocycles. The molecule has 1 atom stereocenters. The van der Waals surface area contributed by atoms with Crippen molar-refractivity contribution in [2.24, 2.45) is 0 Å². The Balaban J connectivity index is 1.17. The van der Waals surface area contributed by atoms with E-state index in [9.17, 15) is 14.4 Å². The Morgan fingerprint density at radius 1 is 0.694 bits per heavy atom. The average molecular weight is 671 g/mol. The number of benzene rings is 3. The van der Waals surface area contributed by atoms with E-state index in [0.717, 1.165) is 73.8 Å². The Morgan fingerprint density at radius 3 is 1.86 bits per heavy atom. The summed E-state index contributed by atoms with van der Waals surface area (Å²) in [5.41, 5.74) is 5.05. The summed E-state index contributed by atoms with van der Waals surface area (Å²) in [4.78, 5) is 35.6. The van der Waals surface area contributed by atoms with Crippen molar-refractivity contribution in [2.45, 2.75) is 64.2 Å². The van der Waals surface area contributed by atoms with Gasteiger partial charge in [0.15, 0.2) is 0 Å². The van der Waals surface area contributed by atoms with E-state index in [-0.39, 0.29) is 17.5 Å². The molecule has 0 saturated heterocycles. The van der Waals surface area contributed by atoms with Gasteiger partial charge in [-0.25, -0.2) is 14.4 Å². The Bertz CT molecular complexity index is 1590. The van der Waals surface area contributed by atoms with Crippen molar-refractivity contribution in [2.75, 3.05) is 33.0 Å². The molecule has 0 heterocycles. The van der Waals surface area contributed by atoms with E-state index in [1.165, 1.54) is 11.6 Å². The molecule has 1 aliphatic rings. The van der Waals surface area contributed by atoms with Crippen LogP contribution in [0, 0.1) is 0 Å². The summed E-state index contributed by atoms with van der Waals surface area (Å²) in [5.74, 6) is 0.687. The number of rotatable bonds is 21. The molecular formula is C40H46O9. The van der Waals surface area contributed by atoms with Crippen LogP contribution in [0.1, 0.15) is 85.7 Å². The Labute approximate surface area is 288 Å². The highest BCUT2D eigenvalue weighted by atomic mass is 16.5. The van der Waals surface area contributed by atoms with Gasteiger partial charge in [0, 0.05) is 12.0 Å². The van der Waals surface area contributed by atoms with Crippen LogP contribution in [-0.4, -0.2) is 56.0 Å². The monoisotopic (exact) mass is 670 g/mol. The highest BCUT2D eigenvalue weighted by Crippen LogP contribution is 2.46. The smallest absolute Gasteiger partial charge is 0.343 e. The first-order chi connectivity index (χ1) is 23.8. The lowest BCUT2D eigenvalue weighted by atomic mass is 9.98. The normalized spacial score (nSPS) is 12.7. The molecule has 4 rings (SSSR count). The molecular weight excluding hydrogens is 624 g/mol. The number of aliphatic hydroxyl groups excluding tert-OH is 1. The van der Waals surface area contributed by atoms with Crippen LogP contribution in [0.3, 0.4) is 0 Å². The minimum absolute atomic E-state index is 0.0585. The summed E-state index contributed by atoms with van der Waals surface area (Å²) in [5, 5.41) is 8.87. The first-order valence-corrected chi connectivity index (χ1v) is 16.9. The van der Waals surface area contributed by atoms with E-state index >= 15 is 0 Å². The number of aliphatic hydroxyl groups is 1. The number of hydrogen-bond donors (Lipinski definition) is 1. The molecule has 0 radical (unpaired) electrons. The minimum Gasteiger partial charge on any atom is -0.494 e. The van der Waals surface area contributed by atoms with Crippen molar-refractivity contribution in [3.8, 4) is 28.4 Å². The van der Waals surface area contributed by atoms with Gasteiger partial charge in [0.05, 0.1) is 44.2 Å². The van der Waals surface area contributed by atoms with Crippen molar-refractivity contribution >= 4 is 17.9 Å². The standard InChI is InChI=1S/C40H46O9/c1-4-38(42)47-23-11-7-5-10-22-46-33-18-20-35-34-19-13-30(25-36(34)29(3)37(35)26-33)40(44)49-32-16-14-31(15-17-32)45-21-9-6-8-12-24-48-39(43)28(2)27-41/h4,13-20,25-26,29,41H,1-2,5-12,21-24,27H2,3H3. The van der Waals surface area contributed by atoms with Gasteiger partial charge in [-0.15, -0.1) is 0 Å². The maximum absolute atomic E-state index is 13.1. The van der Waals surface area contributed by atoms with Gasteiger partial charge in [-0.2, -0.15) is 0 Å². The maximum Gasteiger partial charge on any atom is 0.343 e. The summed E-state index contributed by atoms with van der Waals surface area (Å²) in [6, 6.07) is 18.9. The zero-order chi connectivity index (χ0) is 35.0. The van der Waals surface area contributed by atoms with E-state index in [1.54, 1.807) is 30.3 Å². The molecule has 0 saturated carbocycles. The molecule has 9 heteroatoms. The van der Waals surface area contributed by atoms with Gasteiger partial charge in [-0.3, -0.25) is 0 Å². The molecule has 0 spiro atoms. The Hall–Kier alpha value is -4.89. The molecule has 9 nitrogen and oxygen atoms in total. The van der Waals surface area contributed by atoms with Crippen LogP contribution < -0.4 is 14.2 Å². The zero-order valence-corrected chi connectivity index (χ0v) is 28.2. The van der Waals surface area contributed by atoms with Crippen LogP contribution in [0.5, 0.6) is 17.2 Å². The summed E-state index contributed by atoms with van der Waals surface area (Å²) in [7, 11) is 0. The van der Waals surface area contributed by atoms with Crippen LogP contribution >= 0.6 is 0 Å². The van der Waals surface area contributed by atoms with Crippen LogP contribution in [-0.2, 0) is 19.1 Å². The second kappa shape index (κ2) is 19.2. The Kier molecular flexibility index (Phi) is 14.5. The molecule has 0 aliphatic heterocycles. The number of hydrogen-bond acceptors (Lipinski definition) is 9. The van der Waals surface area contributed by atoms with Gasteiger partial charge in [0.25, 0.3) is 0 Å². The summed E-state index contributed by atoms with van der Waals surface area (Å²) < 4.78 is 27.5. The third-order valence-corrected chi connectivity index (χ3v) is 8.31. The second-order valence-electron chi connectivity index (χ2n) is 11.9. The third-order valence-electron chi connectivity index (χ3n) is 8.31. The topological polar surface area (TPSA) is 118 Å². The fourth-order valence-electron chi connectivity index (χ4n) is 5.52. The first kappa shape index (κ1) is 36.9. The number of ether oxygens (including phenoxy) is 5. The van der Waals surface area contributed by atoms with E-state index in [0.29, 0.717) is 43.5 Å². The third kappa shape index (κ3) is 11.1. The van der Waals surface area contributed by atoms with Crippen LogP contribution in [0.15, 0.2) is 85.5 Å². The summed E-state index contributed by atoms with van der Waals surface area (Å²) >= 11 is 0. The first-order valence-electron chi connectivity index (χ1n) is 16.9. The predicted octanol–water partition coefficient (Wildman–Crippen LogP) is 7.74. The van der Waals surface area contributed by atoms with Gasteiger partial charge in [0.2, 0.25) is 0 Å². The van der Waals surface area contributed by atoms with E-state index in [4.69, 9.17) is 28.8 Å². The SMILES string of the molecule is C=CC(=O)OCCCCCCOc1ccc2c(c1)C(C)c1cc(C(=O)Oc3ccc(OCCCCCCOC(=O)C(=C)CO)cc3)ccc1-2. The quantitative estimate of drug-likeness (QED) is 0.0526. The molecule has 49 heavy (non-hydrogen) atoms. The fraction of sp³-hybridized carbons (Fsp3) is 0.375. The fourth-order valence-corrected chi connectivity index (χ4v) is 5.52. The van der Waals surface area contributed by atoms with E-state index < -0.39 is 18.5 Å². The van der Waals surface area contributed by atoms with E-state index in [1.807, 2.05) is 18.2 Å². The van der Waals surface area contributed by atoms with Crippen molar-refractivity contribution in [1.29, 1.82) is 0 Å². The second-order valence-corrected chi connectivity index (χ2v) is 11.9. The minimum atomic E-state index is -0.558. The molecule has 0 fully saturated rings. The van der Waals surface area contributed by atoms with Gasteiger partial charge in [-0.1, -0.05) is 32.2 Å². The lowest BCUT2D eigenvalue weighted by Gasteiger charge is -2.11. The van der Waals surface area contributed by atoms with Gasteiger partial charge in [-0.05, 0) is 122 Å². The number of esters is 3. The molecule has 0 amide bonds. The number of fused-ring (bicyclic) bond motifs is 3. The molecule has 260 valence electrons. The maximum atomic E-state index is 13.1. The largest absolute Gasteiger partial charge is 0.494 e. The van der Waals surface area contributed by atoms with Crippen LogP contribution in [0.4, 0.5) is 0 Å². The van der Waals surface area contributed by atoms with Gasteiger partial charge in [0.1, 0.15) is 17.2 Å². The van der Waals surface area contributed by atoms with Crippen molar-refractivity contribution in [3.63, 3.8) is 0 Å². The van der Waals surface area contributed by atoms with E-state index in [2.05, 4.69) is 32.2 Å². The summed E-state index contributed by atoms with van der Waals surface area (Å²) in [6.07, 6.45) is 8.27. The molecule has 0 bridgehead atoms. The van der Waals surface area contributed by atoms with Gasteiger partial charge < -0.3 is 28.8 Å². The highest BCUT2D eigenvalue weighted by molar-refractivity contribution is 5.93. The number of carbonyl (C=O) groups excluding carboxylic acids is 3. The summed E-state index contributed by atoms with van der Waals surface area (Å²) in [6.45, 7) is 10.4. The lowest BCUT2D eigenvalue weighted by molar-refractivity contribution is -0.140. The Morgan fingerprint density at radius 2 is 1.22 bits per heavy atom. The van der Waals surface area contributed by atoms with Crippen molar-refractivity contribution in [1.82, 2.24) is 0 Å². The predicted molar refractivity (Wildman–Crippen MR) is 187 cm³/mol. The van der Waals surface area contributed by atoms with Crippen LogP contribution in [0.2, 0.25) is 0 Å². The molecule has 1 unspecified atom stereocenters. The number of carbonyl (C=O) groups is 3. The van der Waals surface area contributed by atoms with Crippen molar-refractivity contribution < 1.29 is 43.2 Å².